The van der Waals surface area contributed by atoms with E-state index in [4.69, 9.17) is 0 Å². The lowest BCUT2D eigenvalue weighted by atomic mass is 10.1. The first-order valence-electron chi connectivity index (χ1n) is 7.41. The number of imidazole rings is 1. The van der Waals surface area contributed by atoms with Crippen molar-refractivity contribution in [2.24, 2.45) is 0 Å². The minimum absolute atomic E-state index is 0. The van der Waals surface area contributed by atoms with Crippen LogP contribution in [0.3, 0.4) is 0 Å². The van der Waals surface area contributed by atoms with Gasteiger partial charge in [0.2, 0.25) is 6.33 Å². The molecule has 22 heavy (non-hydrogen) atoms. The zero-order valence-corrected chi connectivity index (χ0v) is 17.5. The molecule has 0 unspecified atom stereocenters. The average molecular weight is 424 g/mol. The fourth-order valence-electron chi connectivity index (χ4n) is 2.60. The van der Waals surface area contributed by atoms with Crippen molar-refractivity contribution in [3.8, 4) is 17.2 Å². The van der Waals surface area contributed by atoms with Crippen LogP contribution in [0.1, 0.15) is 16.7 Å². The van der Waals surface area contributed by atoms with Crippen molar-refractivity contribution >= 4 is 8.07 Å². The summed E-state index contributed by atoms with van der Waals surface area (Å²) in [6, 6.07) is 4.47. The topological polar surface area (TPSA) is 8.81 Å². The van der Waals surface area contributed by atoms with Gasteiger partial charge in [-0.05, 0) is 31.9 Å². The number of hydrogen-bond acceptors (Lipinski definition) is 0. The summed E-state index contributed by atoms with van der Waals surface area (Å²) >= 11 is 0. The van der Waals surface area contributed by atoms with E-state index in [-0.39, 0.29) is 24.0 Å². The lowest BCUT2D eigenvalue weighted by Crippen LogP contribution is -3.00. The number of benzene rings is 1. The average Bonchev–Trinajstić information content (AvgIpc) is 2.74. The zero-order valence-electron chi connectivity index (χ0n) is 14.4. The number of aryl methyl sites for hydroxylation is 3. The molecule has 2 nitrogen and oxygen atoms in total. The lowest BCUT2D eigenvalue weighted by Gasteiger charge is -2.06. The summed E-state index contributed by atoms with van der Waals surface area (Å²) in [5.41, 5.74) is 8.62. The zero-order chi connectivity index (χ0) is 15.6. The maximum absolute atomic E-state index is 3.41. The third-order valence-electron chi connectivity index (χ3n) is 3.31. The van der Waals surface area contributed by atoms with Crippen molar-refractivity contribution in [2.75, 3.05) is 0 Å². The van der Waals surface area contributed by atoms with Gasteiger partial charge < -0.3 is 24.0 Å². The predicted octanol–water partition coefficient (Wildman–Crippen LogP) is 0.575. The highest BCUT2D eigenvalue weighted by Crippen LogP contribution is 2.20. The molecule has 0 saturated heterocycles. The van der Waals surface area contributed by atoms with Gasteiger partial charge in [0.25, 0.3) is 0 Å². The third-order valence-corrected chi connectivity index (χ3v) is 4.24. The van der Waals surface area contributed by atoms with Gasteiger partial charge in [-0.1, -0.05) is 43.3 Å². The smallest absolute Gasteiger partial charge is 0.249 e. The van der Waals surface area contributed by atoms with E-state index in [1.54, 1.807) is 0 Å². The molecule has 0 N–H and O–H groups in total. The van der Waals surface area contributed by atoms with Gasteiger partial charge in [0.05, 0.1) is 0 Å². The number of rotatable bonds is 2. The standard InChI is InChI=1S/C18H25N2Si.HI/c1-15-12-16(2)18(17(3)13-15)20-10-9-19(14-20)8-7-11-21(4,5)6;/h9-10,12-14H,8H2,1-6H3;1H/q+1;/p-1. The van der Waals surface area contributed by atoms with Gasteiger partial charge in [-0.2, -0.15) is 0 Å². The molecule has 0 aliphatic carbocycles. The molecule has 0 amide bonds. The second-order valence-electron chi connectivity index (χ2n) is 6.79. The summed E-state index contributed by atoms with van der Waals surface area (Å²) in [5.74, 6) is 3.31. The SMILES string of the molecule is Cc1cc(C)c(-n2cc[n+](CC#C[Si](C)(C)C)c2)c(C)c1.[I-]. The largest absolute Gasteiger partial charge is 1.00 e. The molecule has 0 bridgehead atoms. The first-order valence-corrected chi connectivity index (χ1v) is 10.9. The maximum atomic E-state index is 3.41. The molecule has 1 aromatic carbocycles. The van der Waals surface area contributed by atoms with E-state index in [1.807, 2.05) is 0 Å². The molecule has 0 aliphatic rings. The fraction of sp³-hybridized carbons (Fsp3) is 0.389. The molecule has 1 aromatic heterocycles. The van der Waals surface area contributed by atoms with E-state index in [2.05, 4.69) is 91.9 Å². The highest BCUT2D eigenvalue weighted by Gasteiger charge is 2.12. The summed E-state index contributed by atoms with van der Waals surface area (Å²) in [6.07, 6.45) is 6.34. The van der Waals surface area contributed by atoms with Crippen LogP contribution in [0.25, 0.3) is 5.69 Å². The molecule has 4 heteroatoms. The van der Waals surface area contributed by atoms with Crippen LogP contribution in [-0.4, -0.2) is 12.6 Å². The summed E-state index contributed by atoms with van der Waals surface area (Å²) in [4.78, 5) is 0. The minimum atomic E-state index is -1.27. The van der Waals surface area contributed by atoms with Crippen LogP contribution in [0.5, 0.6) is 0 Å². The second kappa shape index (κ2) is 7.47. The Bertz CT molecular complexity index is 692. The first kappa shape index (κ1) is 19.0. The normalized spacial score (nSPS) is 10.6. The van der Waals surface area contributed by atoms with Crippen molar-refractivity contribution in [3.05, 3.63) is 47.5 Å². The third kappa shape index (κ3) is 4.99. The van der Waals surface area contributed by atoms with Crippen LogP contribution in [0.15, 0.2) is 30.9 Å². The molecule has 1 heterocycles. The molecular formula is C18H25IN2Si. The van der Waals surface area contributed by atoms with E-state index in [0.29, 0.717) is 0 Å². The van der Waals surface area contributed by atoms with Gasteiger partial charge in [-0.25, -0.2) is 9.13 Å². The van der Waals surface area contributed by atoms with Crippen LogP contribution in [0, 0.1) is 32.2 Å². The van der Waals surface area contributed by atoms with Crippen molar-refractivity contribution in [1.29, 1.82) is 0 Å². The van der Waals surface area contributed by atoms with E-state index in [1.165, 1.54) is 22.4 Å². The first-order chi connectivity index (χ1) is 9.76. The van der Waals surface area contributed by atoms with Crippen molar-refractivity contribution in [1.82, 2.24) is 4.57 Å². The van der Waals surface area contributed by atoms with Crippen molar-refractivity contribution in [3.63, 3.8) is 0 Å². The molecule has 2 aromatic rings. The minimum Gasteiger partial charge on any atom is -1.00 e. The van der Waals surface area contributed by atoms with E-state index >= 15 is 0 Å². The van der Waals surface area contributed by atoms with Gasteiger partial charge in [0, 0.05) is 0 Å². The summed E-state index contributed by atoms with van der Waals surface area (Å²) in [6.45, 7) is 14.1. The number of halogens is 1. The number of hydrogen-bond donors (Lipinski definition) is 0. The maximum Gasteiger partial charge on any atom is 0.249 e. The summed E-state index contributed by atoms with van der Waals surface area (Å²) < 4.78 is 4.34. The Morgan fingerprint density at radius 2 is 1.68 bits per heavy atom. The Balaban J connectivity index is 0.00000242. The van der Waals surface area contributed by atoms with Crippen LogP contribution < -0.4 is 28.5 Å². The molecule has 0 radical (unpaired) electrons. The Morgan fingerprint density at radius 1 is 1.09 bits per heavy atom. The molecule has 118 valence electrons. The van der Waals surface area contributed by atoms with Gasteiger partial charge in [-0.3, -0.25) is 0 Å². The summed E-state index contributed by atoms with van der Waals surface area (Å²) in [5, 5.41) is 0. The Morgan fingerprint density at radius 3 is 2.23 bits per heavy atom. The number of nitrogens with zero attached hydrogens (tertiary/aromatic N) is 2. The quantitative estimate of drug-likeness (QED) is 0.289. The van der Waals surface area contributed by atoms with E-state index < -0.39 is 8.07 Å². The van der Waals surface area contributed by atoms with Crippen LogP contribution >= 0.6 is 0 Å². The molecule has 0 aliphatic heterocycles. The van der Waals surface area contributed by atoms with Gasteiger partial charge in [-0.15, -0.1) is 5.54 Å². The van der Waals surface area contributed by atoms with Gasteiger partial charge in [0.15, 0.2) is 6.54 Å². The predicted molar refractivity (Wildman–Crippen MR) is 91.3 cm³/mol. The fourth-order valence-corrected chi connectivity index (χ4v) is 3.21. The van der Waals surface area contributed by atoms with Crippen LogP contribution in [0.2, 0.25) is 19.6 Å². The van der Waals surface area contributed by atoms with Crippen LogP contribution in [-0.2, 0) is 6.54 Å². The van der Waals surface area contributed by atoms with Crippen LogP contribution in [0.4, 0.5) is 0 Å². The van der Waals surface area contributed by atoms with E-state index in [9.17, 15) is 0 Å². The Hall–Kier alpha value is -1.06. The summed E-state index contributed by atoms with van der Waals surface area (Å²) in [7, 11) is -1.27. The number of aromatic nitrogens is 2. The molecule has 0 saturated carbocycles. The highest BCUT2D eigenvalue weighted by atomic mass is 127. The molecular weight excluding hydrogens is 399 g/mol. The lowest BCUT2D eigenvalue weighted by molar-refractivity contribution is -0.684. The van der Waals surface area contributed by atoms with Crippen molar-refractivity contribution < 1.29 is 28.5 Å². The molecule has 2 rings (SSSR count). The van der Waals surface area contributed by atoms with E-state index in [0.717, 1.165) is 6.54 Å². The Labute approximate surface area is 152 Å². The van der Waals surface area contributed by atoms with Crippen molar-refractivity contribution in [2.45, 2.75) is 47.0 Å². The van der Waals surface area contributed by atoms with Gasteiger partial charge in [0.1, 0.15) is 26.2 Å². The second-order valence-corrected chi connectivity index (χ2v) is 11.5. The Kier molecular flexibility index (Phi) is 6.45. The molecule has 0 fully saturated rings. The van der Waals surface area contributed by atoms with Gasteiger partial charge >= 0.3 is 0 Å². The highest BCUT2D eigenvalue weighted by molar-refractivity contribution is 6.83. The monoisotopic (exact) mass is 424 g/mol. The molecule has 0 atom stereocenters. The molecule has 0 spiro atoms.